The zero-order valence-electron chi connectivity index (χ0n) is 16.4. The van der Waals surface area contributed by atoms with Crippen LogP contribution in [-0.4, -0.2) is 44.4 Å². The Morgan fingerprint density at radius 3 is 2.80 bits per heavy atom. The molecule has 0 atom stereocenters. The Labute approximate surface area is 174 Å². The van der Waals surface area contributed by atoms with Gasteiger partial charge < -0.3 is 14.8 Å². The summed E-state index contributed by atoms with van der Waals surface area (Å²) in [6.07, 6.45) is 2.78. The van der Waals surface area contributed by atoms with Crippen LogP contribution in [-0.2, 0) is 18.4 Å². The van der Waals surface area contributed by atoms with Crippen LogP contribution >= 0.6 is 11.3 Å². The predicted octanol–water partition coefficient (Wildman–Crippen LogP) is 1.91. The van der Waals surface area contributed by atoms with Crippen LogP contribution in [0.15, 0.2) is 40.9 Å². The van der Waals surface area contributed by atoms with E-state index >= 15 is 0 Å². The molecule has 3 heterocycles. The molecule has 154 valence electrons. The summed E-state index contributed by atoms with van der Waals surface area (Å²) in [6, 6.07) is 5.46. The SMILES string of the molecule is COc1ccc(-c2csc(NC(=O)Cn3cnc4c(cnn4C)c3=O)n2)cc1OC. The third kappa shape index (κ3) is 3.62. The van der Waals surface area contributed by atoms with E-state index in [2.05, 4.69) is 20.4 Å². The minimum Gasteiger partial charge on any atom is -0.493 e. The van der Waals surface area contributed by atoms with Crippen LogP contribution in [0.1, 0.15) is 0 Å². The second kappa shape index (κ2) is 7.95. The Hall–Kier alpha value is -3.73. The number of amides is 1. The molecule has 0 spiro atoms. The number of ether oxygens (including phenoxy) is 2. The molecule has 0 aliphatic carbocycles. The number of aryl methyl sites for hydroxylation is 1. The molecule has 30 heavy (non-hydrogen) atoms. The summed E-state index contributed by atoms with van der Waals surface area (Å²) in [5, 5.41) is 9.34. The molecule has 1 aromatic carbocycles. The number of nitrogens with zero attached hydrogens (tertiary/aromatic N) is 5. The average molecular weight is 426 g/mol. The zero-order chi connectivity index (χ0) is 21.3. The smallest absolute Gasteiger partial charge is 0.264 e. The second-order valence-corrected chi connectivity index (χ2v) is 7.20. The van der Waals surface area contributed by atoms with Gasteiger partial charge in [0.25, 0.3) is 5.56 Å². The fourth-order valence-corrected chi connectivity index (χ4v) is 3.69. The van der Waals surface area contributed by atoms with E-state index < -0.39 is 0 Å². The lowest BCUT2D eigenvalue weighted by Crippen LogP contribution is -2.27. The zero-order valence-corrected chi connectivity index (χ0v) is 17.3. The number of aromatic nitrogens is 5. The van der Waals surface area contributed by atoms with E-state index in [0.717, 1.165) is 5.56 Å². The molecule has 0 unspecified atom stereocenters. The van der Waals surface area contributed by atoms with Gasteiger partial charge in [0.15, 0.2) is 22.3 Å². The van der Waals surface area contributed by atoms with Crippen molar-refractivity contribution < 1.29 is 14.3 Å². The van der Waals surface area contributed by atoms with Gasteiger partial charge in [-0.15, -0.1) is 11.3 Å². The Kier molecular flexibility index (Phi) is 5.19. The first-order valence-corrected chi connectivity index (χ1v) is 9.73. The molecular formula is C19H18N6O4S. The number of hydrogen-bond acceptors (Lipinski definition) is 8. The first-order chi connectivity index (χ1) is 14.5. The molecule has 0 aliphatic rings. The molecule has 0 saturated carbocycles. The molecule has 3 aromatic heterocycles. The van der Waals surface area contributed by atoms with Gasteiger partial charge in [-0.05, 0) is 18.2 Å². The molecular weight excluding hydrogens is 408 g/mol. The highest BCUT2D eigenvalue weighted by Gasteiger charge is 2.13. The maximum atomic E-state index is 12.5. The minimum atomic E-state index is -0.379. The standard InChI is InChI=1S/C19H18N6O4S/c1-24-17-12(7-21-24)18(27)25(10-20-17)8-16(26)23-19-22-13(9-30-19)11-4-5-14(28-2)15(6-11)29-3/h4-7,9-10H,8H2,1-3H3,(H,22,23,26). The van der Waals surface area contributed by atoms with Crippen LogP contribution in [0.25, 0.3) is 22.3 Å². The number of fused-ring (bicyclic) bond motifs is 1. The number of benzene rings is 1. The summed E-state index contributed by atoms with van der Waals surface area (Å²) < 4.78 is 13.3. The first kappa shape index (κ1) is 19.6. The summed E-state index contributed by atoms with van der Waals surface area (Å²) in [4.78, 5) is 33.5. The van der Waals surface area contributed by atoms with E-state index in [1.165, 1.54) is 33.1 Å². The Balaban J connectivity index is 1.49. The number of methoxy groups -OCH3 is 2. The summed E-state index contributed by atoms with van der Waals surface area (Å²) in [5.74, 6) is 0.830. The van der Waals surface area contributed by atoms with Crippen molar-refractivity contribution in [2.75, 3.05) is 19.5 Å². The fourth-order valence-electron chi connectivity index (χ4n) is 2.95. The monoisotopic (exact) mass is 426 g/mol. The van der Waals surface area contributed by atoms with Crippen LogP contribution < -0.4 is 20.3 Å². The summed E-state index contributed by atoms with van der Waals surface area (Å²) >= 11 is 1.29. The van der Waals surface area contributed by atoms with Crippen molar-refractivity contribution in [1.29, 1.82) is 0 Å². The van der Waals surface area contributed by atoms with Gasteiger partial charge in [0, 0.05) is 18.0 Å². The summed E-state index contributed by atoms with van der Waals surface area (Å²) in [5.41, 5.74) is 1.66. The van der Waals surface area contributed by atoms with Crippen molar-refractivity contribution in [2.24, 2.45) is 7.05 Å². The maximum Gasteiger partial charge on any atom is 0.264 e. The van der Waals surface area contributed by atoms with Crippen LogP contribution in [0, 0.1) is 0 Å². The maximum absolute atomic E-state index is 12.5. The van der Waals surface area contributed by atoms with Crippen molar-refractivity contribution in [3.63, 3.8) is 0 Å². The average Bonchev–Trinajstić information content (AvgIpc) is 3.36. The lowest BCUT2D eigenvalue weighted by Gasteiger charge is -2.08. The highest BCUT2D eigenvalue weighted by Crippen LogP contribution is 2.33. The van der Waals surface area contributed by atoms with E-state index in [9.17, 15) is 9.59 Å². The van der Waals surface area contributed by atoms with E-state index in [4.69, 9.17) is 9.47 Å². The van der Waals surface area contributed by atoms with Crippen molar-refractivity contribution in [3.05, 3.63) is 46.5 Å². The highest BCUT2D eigenvalue weighted by atomic mass is 32.1. The van der Waals surface area contributed by atoms with Crippen molar-refractivity contribution in [1.82, 2.24) is 24.3 Å². The Bertz CT molecular complexity index is 1290. The quantitative estimate of drug-likeness (QED) is 0.501. The van der Waals surface area contributed by atoms with Gasteiger partial charge in [-0.25, -0.2) is 9.97 Å². The lowest BCUT2D eigenvalue weighted by molar-refractivity contribution is -0.116. The van der Waals surface area contributed by atoms with Crippen LogP contribution in [0.2, 0.25) is 0 Å². The van der Waals surface area contributed by atoms with Crippen LogP contribution in [0.4, 0.5) is 5.13 Å². The largest absolute Gasteiger partial charge is 0.493 e. The van der Waals surface area contributed by atoms with E-state index in [1.54, 1.807) is 27.3 Å². The predicted molar refractivity (Wildman–Crippen MR) is 112 cm³/mol. The number of nitrogens with one attached hydrogen (secondary N) is 1. The number of anilines is 1. The number of carbonyl (C=O) groups is 1. The normalized spacial score (nSPS) is 10.9. The first-order valence-electron chi connectivity index (χ1n) is 8.85. The van der Waals surface area contributed by atoms with Gasteiger partial charge in [-0.3, -0.25) is 18.8 Å². The number of thiazole rings is 1. The molecule has 4 rings (SSSR count). The number of carbonyl (C=O) groups excluding carboxylic acids is 1. The van der Waals surface area contributed by atoms with Gasteiger partial charge in [0.2, 0.25) is 5.91 Å². The molecule has 10 nitrogen and oxygen atoms in total. The highest BCUT2D eigenvalue weighted by molar-refractivity contribution is 7.14. The molecule has 0 fully saturated rings. The van der Waals surface area contributed by atoms with Gasteiger partial charge >= 0.3 is 0 Å². The summed E-state index contributed by atoms with van der Waals surface area (Å²) in [6.45, 7) is -0.179. The van der Waals surface area contributed by atoms with Crippen LogP contribution in [0.5, 0.6) is 11.5 Å². The Morgan fingerprint density at radius 1 is 1.23 bits per heavy atom. The molecule has 0 bridgehead atoms. The van der Waals surface area contributed by atoms with Crippen LogP contribution in [0.3, 0.4) is 0 Å². The van der Waals surface area contributed by atoms with Crippen molar-refractivity contribution in [2.45, 2.75) is 6.54 Å². The summed E-state index contributed by atoms with van der Waals surface area (Å²) in [7, 11) is 4.83. The van der Waals surface area contributed by atoms with Crippen molar-refractivity contribution in [3.8, 4) is 22.8 Å². The van der Waals surface area contributed by atoms with Gasteiger partial charge in [0.05, 0.1) is 26.1 Å². The van der Waals surface area contributed by atoms with Crippen molar-refractivity contribution >= 4 is 33.4 Å². The molecule has 1 amide bonds. The molecule has 1 N–H and O–H groups in total. The molecule has 4 aromatic rings. The Morgan fingerprint density at radius 2 is 2.03 bits per heavy atom. The van der Waals surface area contributed by atoms with Gasteiger partial charge in [0.1, 0.15) is 18.3 Å². The van der Waals surface area contributed by atoms with E-state index in [-0.39, 0.29) is 18.0 Å². The molecule has 0 aliphatic heterocycles. The molecule has 0 radical (unpaired) electrons. The second-order valence-electron chi connectivity index (χ2n) is 6.34. The fraction of sp³-hybridized carbons (Fsp3) is 0.211. The molecule has 0 saturated heterocycles. The third-order valence-corrected chi connectivity index (χ3v) is 5.22. The van der Waals surface area contributed by atoms with Gasteiger partial charge in [-0.2, -0.15) is 5.10 Å². The molecule has 11 heteroatoms. The number of rotatable bonds is 6. The number of hydrogen-bond donors (Lipinski definition) is 1. The van der Waals surface area contributed by atoms with Gasteiger partial charge in [-0.1, -0.05) is 0 Å². The van der Waals surface area contributed by atoms with E-state index in [1.807, 2.05) is 17.5 Å². The third-order valence-electron chi connectivity index (χ3n) is 4.46. The van der Waals surface area contributed by atoms with E-state index in [0.29, 0.717) is 33.4 Å². The topological polar surface area (TPSA) is 113 Å². The lowest BCUT2D eigenvalue weighted by atomic mass is 10.1. The minimum absolute atomic E-state index is 0.179.